The molecule has 0 N–H and O–H groups in total. The zero-order valence-electron chi connectivity index (χ0n) is 10.5. The van der Waals surface area contributed by atoms with E-state index in [1.807, 2.05) is 21.6 Å². The fraction of sp³-hybridized carbons (Fsp3) is 0.900. The molecule has 0 amide bonds. The average molecular weight is 284 g/mol. The van der Waals surface area contributed by atoms with Gasteiger partial charge in [-0.15, -0.1) is 12.4 Å². The van der Waals surface area contributed by atoms with Crippen molar-refractivity contribution in [1.82, 2.24) is 9.80 Å². The van der Waals surface area contributed by atoms with E-state index in [4.69, 9.17) is 4.99 Å². The van der Waals surface area contributed by atoms with Gasteiger partial charge in [0, 0.05) is 13.1 Å². The maximum atomic E-state index is 4.77. The van der Waals surface area contributed by atoms with E-state index in [-0.39, 0.29) is 12.4 Å². The highest BCUT2D eigenvalue weighted by atomic mass is 35.5. The second-order valence-corrected chi connectivity index (χ2v) is 5.53. The first-order valence-electron chi connectivity index (χ1n) is 5.66. The number of hydrogen-bond acceptors (Lipinski definition) is 5. The lowest BCUT2D eigenvalue weighted by atomic mass is 10.5. The van der Waals surface area contributed by atoms with Gasteiger partial charge in [0.1, 0.15) is 0 Å². The van der Waals surface area contributed by atoms with Crippen molar-refractivity contribution in [2.75, 3.05) is 26.2 Å². The van der Waals surface area contributed by atoms with Crippen LogP contribution in [0.2, 0.25) is 0 Å². The fourth-order valence-corrected chi connectivity index (χ4v) is 4.29. The van der Waals surface area contributed by atoms with Crippen LogP contribution in [0.15, 0.2) is 4.99 Å². The molecule has 0 aliphatic carbocycles. The number of rotatable bonds is 5. The van der Waals surface area contributed by atoms with Gasteiger partial charge in [-0.05, 0) is 48.5 Å². The van der Waals surface area contributed by atoms with Crippen molar-refractivity contribution >= 4 is 39.2 Å². The minimum absolute atomic E-state index is 0. The van der Waals surface area contributed by atoms with Gasteiger partial charge < -0.3 is 4.90 Å². The van der Waals surface area contributed by atoms with Gasteiger partial charge in [0.15, 0.2) is 10.7 Å². The molecular weight excluding hydrogens is 262 g/mol. The first-order chi connectivity index (χ1) is 7.26. The summed E-state index contributed by atoms with van der Waals surface area (Å²) in [5, 5.41) is 1.20. The van der Waals surface area contributed by atoms with Crippen molar-refractivity contribution in [3.8, 4) is 0 Å². The average Bonchev–Trinajstić information content (AvgIpc) is 2.71. The van der Waals surface area contributed by atoms with Gasteiger partial charge in [-0.1, -0.05) is 13.8 Å². The largest absolute Gasteiger partial charge is 0.351 e. The highest BCUT2D eigenvalue weighted by Gasteiger charge is 2.25. The van der Waals surface area contributed by atoms with Crippen LogP contribution in [0.5, 0.6) is 0 Å². The van der Waals surface area contributed by atoms with E-state index in [0.717, 1.165) is 26.2 Å². The Morgan fingerprint density at radius 1 is 1.06 bits per heavy atom. The van der Waals surface area contributed by atoms with Crippen molar-refractivity contribution in [2.24, 2.45) is 4.99 Å². The third-order valence-electron chi connectivity index (χ3n) is 2.59. The molecule has 3 nitrogen and oxygen atoms in total. The monoisotopic (exact) mass is 283 g/mol. The summed E-state index contributed by atoms with van der Waals surface area (Å²) in [7, 11) is 3.68. The quantitative estimate of drug-likeness (QED) is 0.722. The van der Waals surface area contributed by atoms with Crippen LogP contribution < -0.4 is 0 Å². The Labute approximate surface area is 113 Å². The van der Waals surface area contributed by atoms with Gasteiger partial charge in [-0.25, -0.2) is 4.99 Å². The molecule has 0 saturated carbocycles. The van der Waals surface area contributed by atoms with Gasteiger partial charge in [-0.2, -0.15) is 0 Å². The first-order valence-corrected chi connectivity index (χ1v) is 7.88. The van der Waals surface area contributed by atoms with Crippen LogP contribution in [-0.2, 0) is 0 Å². The normalized spacial score (nSPS) is 19.6. The second kappa shape index (κ2) is 8.50. The first kappa shape index (κ1) is 16.4. The Kier molecular flexibility index (Phi) is 8.73. The molecule has 1 aliphatic heterocycles. The van der Waals surface area contributed by atoms with E-state index < -0.39 is 0 Å². The highest BCUT2D eigenvalue weighted by Crippen LogP contribution is 2.38. The summed E-state index contributed by atoms with van der Waals surface area (Å²) >= 11 is 0. The minimum Gasteiger partial charge on any atom is -0.351 e. The highest BCUT2D eigenvalue weighted by molar-refractivity contribution is 8.82. The maximum absolute atomic E-state index is 4.77. The maximum Gasteiger partial charge on any atom is 0.172 e. The van der Waals surface area contributed by atoms with Crippen LogP contribution in [0, 0.1) is 0 Å². The van der Waals surface area contributed by atoms with Crippen LogP contribution in [0.3, 0.4) is 0 Å². The van der Waals surface area contributed by atoms with Crippen molar-refractivity contribution in [2.45, 2.75) is 33.2 Å². The van der Waals surface area contributed by atoms with Crippen LogP contribution in [0.1, 0.15) is 27.7 Å². The smallest absolute Gasteiger partial charge is 0.172 e. The molecule has 1 heterocycles. The molecule has 0 spiro atoms. The number of amidine groups is 1. The molecule has 0 fully saturated rings. The number of hydrogen-bond donors (Lipinski definition) is 0. The molecule has 0 radical (unpaired) electrons. The summed E-state index contributed by atoms with van der Waals surface area (Å²) in [6.45, 7) is 13.0. The lowest BCUT2D eigenvalue weighted by molar-refractivity contribution is 0.290. The summed E-state index contributed by atoms with van der Waals surface area (Å²) in [5.41, 5.74) is 0.320. The van der Waals surface area contributed by atoms with Crippen molar-refractivity contribution < 1.29 is 0 Å². The molecule has 1 atom stereocenters. The van der Waals surface area contributed by atoms with Gasteiger partial charge in [-0.3, -0.25) is 4.90 Å². The van der Waals surface area contributed by atoms with Gasteiger partial charge in [0.05, 0.1) is 0 Å². The van der Waals surface area contributed by atoms with Crippen LogP contribution in [0.4, 0.5) is 0 Å². The third-order valence-corrected chi connectivity index (χ3v) is 5.03. The molecule has 1 aliphatic rings. The van der Waals surface area contributed by atoms with E-state index in [9.17, 15) is 0 Å². The zero-order valence-corrected chi connectivity index (χ0v) is 12.9. The molecule has 0 bridgehead atoms. The lowest BCUT2D eigenvalue weighted by Crippen LogP contribution is -2.31. The number of aliphatic imine (C=N–C) groups is 1. The second-order valence-electron chi connectivity index (χ2n) is 3.31. The van der Waals surface area contributed by atoms with Crippen LogP contribution >= 0.6 is 34.0 Å². The summed E-state index contributed by atoms with van der Waals surface area (Å²) in [6, 6.07) is 0. The minimum atomic E-state index is 0. The van der Waals surface area contributed by atoms with E-state index in [1.165, 1.54) is 5.17 Å². The van der Waals surface area contributed by atoms with Gasteiger partial charge >= 0.3 is 0 Å². The predicted octanol–water partition coefficient (Wildman–Crippen LogP) is 3.13. The zero-order chi connectivity index (χ0) is 11.3. The topological polar surface area (TPSA) is 18.8 Å². The van der Waals surface area contributed by atoms with Crippen LogP contribution in [-0.4, -0.2) is 46.6 Å². The van der Waals surface area contributed by atoms with Crippen molar-refractivity contribution in [3.63, 3.8) is 0 Å². The van der Waals surface area contributed by atoms with E-state index >= 15 is 0 Å². The summed E-state index contributed by atoms with van der Waals surface area (Å²) in [6.07, 6.45) is 0. The van der Waals surface area contributed by atoms with E-state index in [2.05, 4.69) is 37.5 Å². The predicted molar refractivity (Wildman–Crippen MR) is 79.5 cm³/mol. The van der Waals surface area contributed by atoms with E-state index in [1.54, 1.807) is 0 Å². The Balaban J connectivity index is 0.00000225. The Hall–Kier alpha value is 0.420. The van der Waals surface area contributed by atoms with Gasteiger partial charge in [0.25, 0.3) is 0 Å². The molecule has 96 valence electrons. The fourth-order valence-electron chi connectivity index (χ4n) is 1.53. The molecule has 1 rings (SSSR count). The van der Waals surface area contributed by atoms with Crippen LogP contribution in [0.25, 0.3) is 0 Å². The summed E-state index contributed by atoms with van der Waals surface area (Å²) in [5.74, 6) is 0. The summed E-state index contributed by atoms with van der Waals surface area (Å²) in [4.78, 5) is 9.47. The Bertz CT molecular complexity index is 218. The molecule has 0 saturated heterocycles. The molecule has 0 aromatic carbocycles. The Morgan fingerprint density at radius 2 is 1.62 bits per heavy atom. The summed E-state index contributed by atoms with van der Waals surface area (Å²) < 4.78 is 0. The number of nitrogens with zero attached hydrogens (tertiary/aromatic N) is 3. The van der Waals surface area contributed by atoms with E-state index in [0.29, 0.717) is 5.50 Å². The third kappa shape index (κ3) is 4.02. The van der Waals surface area contributed by atoms with Crippen molar-refractivity contribution in [3.05, 3.63) is 0 Å². The Morgan fingerprint density at radius 3 is 2.06 bits per heavy atom. The lowest BCUT2D eigenvalue weighted by Gasteiger charge is -2.21. The SMILES string of the molecule is CCN(CC)C1=NC(N(CC)CC)SS1.Cl. The standard InChI is InChI=1S/C10H21N3S2.ClH/c1-5-12(6-2)9-11-10(15-14-9)13(7-3)8-4;/h9H,5-8H2,1-4H3;1H. The number of halogens is 1. The molecule has 16 heavy (non-hydrogen) atoms. The molecule has 0 aromatic heterocycles. The van der Waals surface area contributed by atoms with Gasteiger partial charge in [0.2, 0.25) is 0 Å². The van der Waals surface area contributed by atoms with Crippen molar-refractivity contribution in [1.29, 1.82) is 0 Å². The molecule has 0 aromatic rings. The molecular formula is C10H22ClN3S2. The molecule has 1 unspecified atom stereocenters. The molecule has 6 heteroatoms.